The number of allylic oxidation sites excluding steroid dienone is 1. The average Bonchev–Trinajstić information content (AvgIpc) is 2.99. The second-order valence-electron chi connectivity index (χ2n) is 6.37. The number of halogens is 2. The number of carbonyl (C=O) groups is 2. The van der Waals surface area contributed by atoms with Crippen LogP contribution in [0.3, 0.4) is 0 Å². The van der Waals surface area contributed by atoms with Crippen molar-refractivity contribution in [2.45, 2.75) is 19.5 Å². The number of nitrogens with one attached hydrogen (secondary N) is 2. The molecule has 3 amide bonds. The van der Waals surface area contributed by atoms with E-state index in [0.717, 1.165) is 11.3 Å². The van der Waals surface area contributed by atoms with Crippen LogP contribution in [0, 0.1) is 5.82 Å². The van der Waals surface area contributed by atoms with Gasteiger partial charge in [-0.25, -0.2) is 9.18 Å². The number of benzene rings is 1. The van der Waals surface area contributed by atoms with Gasteiger partial charge >= 0.3 is 6.03 Å². The van der Waals surface area contributed by atoms with Crippen molar-refractivity contribution in [2.24, 2.45) is 0 Å². The maximum Gasteiger partial charge on any atom is 0.322 e. The van der Waals surface area contributed by atoms with Gasteiger partial charge in [0.05, 0.1) is 23.8 Å². The van der Waals surface area contributed by atoms with E-state index in [1.807, 2.05) is 12.2 Å². The monoisotopic (exact) mass is 389 g/mol. The van der Waals surface area contributed by atoms with Crippen LogP contribution in [0.25, 0.3) is 0 Å². The van der Waals surface area contributed by atoms with Crippen LogP contribution in [0.1, 0.15) is 21.7 Å². The Morgan fingerprint density at radius 2 is 2.19 bits per heavy atom. The van der Waals surface area contributed by atoms with Crippen molar-refractivity contribution in [2.75, 3.05) is 18.4 Å². The lowest BCUT2D eigenvalue weighted by molar-refractivity contribution is 0.0944. The zero-order valence-electron chi connectivity index (χ0n) is 14.3. The third-order valence-corrected chi connectivity index (χ3v) is 4.89. The number of aromatic nitrogens is 2. The zero-order valence-corrected chi connectivity index (χ0v) is 15.1. The molecule has 1 aromatic carbocycles. The fraction of sp³-hybridized carbons (Fsp3) is 0.278. The van der Waals surface area contributed by atoms with Gasteiger partial charge in [-0.3, -0.25) is 9.48 Å². The Hall–Kier alpha value is -2.87. The SMILES string of the molecule is O=C1NC/C=C\Cn2nc3c(c21)CN(C(=O)Nc1ccc(F)c(Cl)c1)CC3. The minimum absolute atomic E-state index is 0.0588. The molecule has 0 radical (unpaired) electrons. The Balaban J connectivity index is 1.55. The summed E-state index contributed by atoms with van der Waals surface area (Å²) in [4.78, 5) is 26.7. The Labute approximate surface area is 159 Å². The predicted molar refractivity (Wildman–Crippen MR) is 98.2 cm³/mol. The molecule has 7 nitrogen and oxygen atoms in total. The van der Waals surface area contributed by atoms with Crippen molar-refractivity contribution in [3.63, 3.8) is 0 Å². The fourth-order valence-corrected chi connectivity index (χ4v) is 3.44. The smallest absolute Gasteiger partial charge is 0.322 e. The summed E-state index contributed by atoms with van der Waals surface area (Å²) in [5.41, 5.74) is 2.51. The van der Waals surface area contributed by atoms with Crippen LogP contribution in [-0.4, -0.2) is 39.7 Å². The number of carbonyl (C=O) groups excluding carboxylic acids is 2. The molecular formula is C18H17ClFN5O2. The quantitative estimate of drug-likeness (QED) is 0.736. The molecule has 3 heterocycles. The highest BCUT2D eigenvalue weighted by molar-refractivity contribution is 6.31. The minimum atomic E-state index is -0.546. The number of anilines is 1. The van der Waals surface area contributed by atoms with Gasteiger partial charge in [0.15, 0.2) is 0 Å². The van der Waals surface area contributed by atoms with Gasteiger partial charge < -0.3 is 15.5 Å². The summed E-state index contributed by atoms with van der Waals surface area (Å²) in [6.07, 6.45) is 4.39. The standard InChI is InChI=1S/C18H17ClFN5O2/c19-13-9-11(3-4-14(13)20)22-18(27)24-8-5-15-12(10-24)16-17(26)21-6-1-2-7-25(16)23-15/h1-4,9H,5-8,10H2,(H,21,26)(H,22,27)/b2-1-. The number of amides is 3. The Kier molecular flexibility index (Phi) is 4.57. The number of fused-ring (bicyclic) bond motifs is 3. The molecule has 0 atom stereocenters. The molecule has 2 N–H and O–H groups in total. The zero-order chi connectivity index (χ0) is 19.0. The molecular weight excluding hydrogens is 373 g/mol. The lowest BCUT2D eigenvalue weighted by atomic mass is 10.0. The molecule has 2 aromatic rings. The van der Waals surface area contributed by atoms with Crippen molar-refractivity contribution in [1.29, 1.82) is 0 Å². The van der Waals surface area contributed by atoms with Crippen molar-refractivity contribution >= 4 is 29.2 Å². The summed E-state index contributed by atoms with van der Waals surface area (Å²) in [5.74, 6) is -0.739. The maximum absolute atomic E-state index is 13.3. The van der Waals surface area contributed by atoms with Crippen molar-refractivity contribution < 1.29 is 14.0 Å². The van der Waals surface area contributed by atoms with E-state index in [-0.39, 0.29) is 23.5 Å². The first-order chi connectivity index (χ1) is 13.0. The number of rotatable bonds is 1. The number of hydrogen-bond acceptors (Lipinski definition) is 3. The molecule has 0 fully saturated rings. The van der Waals surface area contributed by atoms with Gasteiger partial charge in [-0.2, -0.15) is 5.10 Å². The normalized spacial score (nSPS) is 17.3. The van der Waals surface area contributed by atoms with Gasteiger partial charge in [0, 0.05) is 30.8 Å². The van der Waals surface area contributed by atoms with Crippen LogP contribution < -0.4 is 10.6 Å². The largest absolute Gasteiger partial charge is 0.347 e. The summed E-state index contributed by atoms with van der Waals surface area (Å²) in [6, 6.07) is 3.67. The average molecular weight is 390 g/mol. The fourth-order valence-electron chi connectivity index (χ4n) is 3.26. The molecule has 9 heteroatoms. The second-order valence-corrected chi connectivity index (χ2v) is 6.78. The van der Waals surface area contributed by atoms with Gasteiger partial charge in [-0.15, -0.1) is 0 Å². The van der Waals surface area contributed by atoms with E-state index in [9.17, 15) is 14.0 Å². The van der Waals surface area contributed by atoms with Crippen LogP contribution in [0.5, 0.6) is 0 Å². The van der Waals surface area contributed by atoms with Crippen LogP contribution in [0.4, 0.5) is 14.9 Å². The molecule has 140 valence electrons. The molecule has 0 saturated heterocycles. The summed E-state index contributed by atoms with van der Waals surface area (Å²) in [7, 11) is 0. The van der Waals surface area contributed by atoms with Gasteiger partial charge in [0.1, 0.15) is 11.5 Å². The maximum atomic E-state index is 13.3. The summed E-state index contributed by atoms with van der Waals surface area (Å²) in [6.45, 7) is 1.74. The first kappa shape index (κ1) is 17.5. The molecule has 0 spiro atoms. The van der Waals surface area contributed by atoms with Crippen LogP contribution in [0.2, 0.25) is 5.02 Å². The summed E-state index contributed by atoms with van der Waals surface area (Å²) in [5, 5.41) is 10.0. The summed E-state index contributed by atoms with van der Waals surface area (Å²) < 4.78 is 15.0. The number of urea groups is 1. The van der Waals surface area contributed by atoms with E-state index in [0.29, 0.717) is 37.4 Å². The van der Waals surface area contributed by atoms with Gasteiger partial charge in [-0.05, 0) is 18.2 Å². The van der Waals surface area contributed by atoms with Crippen molar-refractivity contribution in [1.82, 2.24) is 20.0 Å². The molecule has 4 rings (SSSR count). The third-order valence-electron chi connectivity index (χ3n) is 4.60. The van der Waals surface area contributed by atoms with Gasteiger partial charge in [0.2, 0.25) is 0 Å². The number of nitrogens with zero attached hydrogens (tertiary/aromatic N) is 3. The Morgan fingerprint density at radius 1 is 1.33 bits per heavy atom. The third kappa shape index (κ3) is 3.40. The highest BCUT2D eigenvalue weighted by Gasteiger charge is 2.30. The van der Waals surface area contributed by atoms with Crippen LogP contribution in [0.15, 0.2) is 30.4 Å². The van der Waals surface area contributed by atoms with E-state index in [2.05, 4.69) is 15.7 Å². The highest BCUT2D eigenvalue weighted by Crippen LogP contribution is 2.25. The van der Waals surface area contributed by atoms with Crippen molar-refractivity contribution in [3.8, 4) is 0 Å². The predicted octanol–water partition coefficient (Wildman–Crippen LogP) is 2.57. The van der Waals surface area contributed by atoms with E-state index < -0.39 is 5.82 Å². The molecule has 0 aliphatic carbocycles. The Morgan fingerprint density at radius 3 is 3.00 bits per heavy atom. The second kappa shape index (κ2) is 7.03. The van der Waals surface area contributed by atoms with Crippen LogP contribution in [-0.2, 0) is 19.5 Å². The van der Waals surface area contributed by atoms with Crippen molar-refractivity contribution in [3.05, 3.63) is 58.1 Å². The lowest BCUT2D eigenvalue weighted by Crippen LogP contribution is -2.39. The van der Waals surface area contributed by atoms with E-state index in [1.54, 1.807) is 9.58 Å². The number of hydrogen-bond donors (Lipinski definition) is 2. The highest BCUT2D eigenvalue weighted by atomic mass is 35.5. The van der Waals surface area contributed by atoms with E-state index in [1.165, 1.54) is 18.2 Å². The van der Waals surface area contributed by atoms with Gasteiger partial charge in [-0.1, -0.05) is 23.8 Å². The molecule has 0 unspecified atom stereocenters. The molecule has 2 aliphatic rings. The summed E-state index contributed by atoms with van der Waals surface area (Å²) >= 11 is 5.76. The van der Waals surface area contributed by atoms with Gasteiger partial charge in [0.25, 0.3) is 5.91 Å². The minimum Gasteiger partial charge on any atom is -0.347 e. The molecule has 27 heavy (non-hydrogen) atoms. The molecule has 2 aliphatic heterocycles. The first-order valence-electron chi connectivity index (χ1n) is 8.55. The van der Waals surface area contributed by atoms with E-state index >= 15 is 0 Å². The molecule has 0 bridgehead atoms. The Bertz CT molecular complexity index is 955. The van der Waals surface area contributed by atoms with E-state index in [4.69, 9.17) is 11.6 Å². The topological polar surface area (TPSA) is 79.3 Å². The lowest BCUT2D eigenvalue weighted by Gasteiger charge is -2.27. The first-order valence-corrected chi connectivity index (χ1v) is 8.93. The molecule has 1 aromatic heterocycles. The van der Waals surface area contributed by atoms with Crippen LogP contribution >= 0.6 is 11.6 Å². The molecule has 0 saturated carbocycles.